The quantitative estimate of drug-likeness (QED) is 0.649. The van der Waals surface area contributed by atoms with Crippen molar-refractivity contribution in [1.29, 1.82) is 0 Å². The summed E-state index contributed by atoms with van der Waals surface area (Å²) in [5.74, 6) is 0.546. The lowest BCUT2D eigenvalue weighted by Gasteiger charge is -2.14. The van der Waals surface area contributed by atoms with Crippen LogP contribution in [0.1, 0.15) is 24.4 Å². The van der Waals surface area contributed by atoms with Crippen molar-refractivity contribution in [2.24, 2.45) is 7.05 Å². The van der Waals surface area contributed by atoms with Crippen molar-refractivity contribution in [2.75, 3.05) is 0 Å². The van der Waals surface area contributed by atoms with E-state index in [1.165, 1.54) is 19.3 Å². The summed E-state index contributed by atoms with van der Waals surface area (Å²) in [7, 11) is 1.74. The number of aromatic nitrogens is 3. The maximum Gasteiger partial charge on any atom is 0.312 e. The Labute approximate surface area is 128 Å². The van der Waals surface area contributed by atoms with Crippen LogP contribution < -0.4 is 4.74 Å². The summed E-state index contributed by atoms with van der Waals surface area (Å²) in [6, 6.07) is 2.92. The molecule has 0 radical (unpaired) electrons. The van der Waals surface area contributed by atoms with Gasteiger partial charge in [-0.25, -0.2) is 0 Å². The van der Waals surface area contributed by atoms with Gasteiger partial charge in [0.15, 0.2) is 5.82 Å². The first-order valence-corrected chi connectivity index (χ1v) is 6.81. The molecular weight excluding hydrogens is 344 g/mol. The fraction of sp³-hybridized carbons (Fsp3) is 0.333. The summed E-state index contributed by atoms with van der Waals surface area (Å²) < 4.78 is 7.67. The smallest absolute Gasteiger partial charge is 0.312 e. The third kappa shape index (κ3) is 3.37. The van der Waals surface area contributed by atoms with Crippen LogP contribution in [0.2, 0.25) is 0 Å². The molecule has 21 heavy (non-hydrogen) atoms. The van der Waals surface area contributed by atoms with Crippen molar-refractivity contribution in [3.8, 4) is 5.75 Å². The van der Waals surface area contributed by atoms with Gasteiger partial charge in [0.1, 0.15) is 12.9 Å². The molecule has 9 heteroatoms. The minimum atomic E-state index is -0.907. The number of aliphatic hydroxyl groups is 1. The zero-order valence-corrected chi connectivity index (χ0v) is 12.9. The third-order valence-corrected chi connectivity index (χ3v) is 3.32. The number of halogens is 1. The van der Waals surface area contributed by atoms with E-state index in [0.717, 1.165) is 0 Å². The van der Waals surface area contributed by atoms with Crippen LogP contribution in [0.3, 0.4) is 0 Å². The molecule has 0 aliphatic heterocycles. The van der Waals surface area contributed by atoms with Crippen molar-refractivity contribution in [3.63, 3.8) is 0 Å². The standard InChI is InChI=1S/C12H13BrN4O4/c1-7(18)9-3-8(13)4-10(17(19)20)12(9)21-5-11-15-14-6-16(11)2/h3-4,6-7,18H,5H2,1-2H3. The molecule has 1 aromatic heterocycles. The summed E-state index contributed by atoms with van der Waals surface area (Å²) in [5, 5.41) is 28.5. The molecule has 2 aromatic rings. The van der Waals surface area contributed by atoms with E-state index in [4.69, 9.17) is 4.74 Å². The number of aryl methyl sites for hydroxylation is 1. The second-order valence-electron chi connectivity index (χ2n) is 4.42. The van der Waals surface area contributed by atoms with Crippen LogP contribution in [0.25, 0.3) is 0 Å². The Morgan fingerprint density at radius 3 is 2.81 bits per heavy atom. The summed E-state index contributed by atoms with van der Waals surface area (Å²) in [6.45, 7) is 1.53. The van der Waals surface area contributed by atoms with Gasteiger partial charge in [-0.15, -0.1) is 10.2 Å². The molecule has 0 fully saturated rings. The van der Waals surface area contributed by atoms with Crippen molar-refractivity contribution < 1.29 is 14.8 Å². The minimum absolute atomic E-state index is 0.0126. The normalized spacial score (nSPS) is 12.2. The van der Waals surface area contributed by atoms with E-state index in [1.807, 2.05) is 0 Å². The number of aliphatic hydroxyl groups excluding tert-OH is 1. The molecule has 1 atom stereocenters. The average Bonchev–Trinajstić information content (AvgIpc) is 2.81. The number of benzene rings is 1. The monoisotopic (exact) mass is 356 g/mol. The van der Waals surface area contributed by atoms with Gasteiger partial charge in [0, 0.05) is 23.2 Å². The molecule has 1 heterocycles. The topological polar surface area (TPSA) is 103 Å². The van der Waals surface area contributed by atoms with Crippen LogP contribution in [0.15, 0.2) is 22.9 Å². The van der Waals surface area contributed by atoms with Gasteiger partial charge in [0.05, 0.1) is 11.0 Å². The SMILES string of the molecule is CC(O)c1cc(Br)cc([N+](=O)[O-])c1OCc1nncn1C. The lowest BCUT2D eigenvalue weighted by Crippen LogP contribution is -2.07. The van der Waals surface area contributed by atoms with E-state index in [1.54, 1.807) is 17.7 Å². The molecule has 8 nitrogen and oxygen atoms in total. The summed E-state index contributed by atoms with van der Waals surface area (Å²) in [4.78, 5) is 10.6. The molecular formula is C12H13BrN4O4. The highest BCUT2D eigenvalue weighted by Crippen LogP contribution is 2.38. The van der Waals surface area contributed by atoms with E-state index in [-0.39, 0.29) is 18.0 Å². The van der Waals surface area contributed by atoms with Crippen LogP contribution in [0.5, 0.6) is 5.75 Å². The maximum absolute atomic E-state index is 11.2. The summed E-state index contributed by atoms with van der Waals surface area (Å²) in [5.41, 5.74) is 0.112. The number of hydrogen-bond donors (Lipinski definition) is 1. The largest absolute Gasteiger partial charge is 0.478 e. The number of ether oxygens (including phenoxy) is 1. The van der Waals surface area contributed by atoms with Gasteiger partial charge in [-0.3, -0.25) is 10.1 Å². The molecule has 1 N–H and O–H groups in total. The molecule has 1 unspecified atom stereocenters. The maximum atomic E-state index is 11.2. The van der Waals surface area contributed by atoms with Crippen LogP contribution in [-0.4, -0.2) is 24.8 Å². The Bertz CT molecular complexity index is 671. The molecule has 0 aliphatic rings. The minimum Gasteiger partial charge on any atom is -0.478 e. The zero-order chi connectivity index (χ0) is 15.6. The lowest BCUT2D eigenvalue weighted by atomic mass is 10.1. The summed E-state index contributed by atoms with van der Waals surface area (Å²) in [6.07, 6.45) is 0.597. The molecule has 112 valence electrons. The summed E-state index contributed by atoms with van der Waals surface area (Å²) >= 11 is 3.19. The highest BCUT2D eigenvalue weighted by atomic mass is 79.9. The Kier molecular flexibility index (Phi) is 4.53. The molecule has 2 rings (SSSR count). The van der Waals surface area contributed by atoms with E-state index < -0.39 is 11.0 Å². The zero-order valence-electron chi connectivity index (χ0n) is 11.4. The second kappa shape index (κ2) is 6.19. The van der Waals surface area contributed by atoms with E-state index in [9.17, 15) is 15.2 Å². The van der Waals surface area contributed by atoms with Crippen molar-refractivity contribution >= 4 is 21.6 Å². The van der Waals surface area contributed by atoms with Crippen molar-refractivity contribution in [3.05, 3.63) is 44.4 Å². The van der Waals surface area contributed by atoms with Crippen LogP contribution in [-0.2, 0) is 13.7 Å². The third-order valence-electron chi connectivity index (χ3n) is 2.86. The number of hydrogen-bond acceptors (Lipinski definition) is 6. The van der Waals surface area contributed by atoms with Crippen molar-refractivity contribution in [2.45, 2.75) is 19.6 Å². The van der Waals surface area contributed by atoms with Gasteiger partial charge in [-0.05, 0) is 13.0 Å². The molecule has 0 spiro atoms. The average molecular weight is 357 g/mol. The number of rotatable bonds is 5. The first-order chi connectivity index (χ1) is 9.90. The number of nitrogens with zero attached hydrogens (tertiary/aromatic N) is 4. The Morgan fingerprint density at radius 2 is 2.29 bits per heavy atom. The first kappa shape index (κ1) is 15.4. The van der Waals surface area contributed by atoms with Gasteiger partial charge >= 0.3 is 5.69 Å². The van der Waals surface area contributed by atoms with Crippen LogP contribution in [0.4, 0.5) is 5.69 Å². The predicted octanol–water partition coefficient (Wildman–Crippen LogP) is 2.12. The fourth-order valence-corrected chi connectivity index (χ4v) is 2.24. The van der Waals surface area contributed by atoms with E-state index >= 15 is 0 Å². The van der Waals surface area contributed by atoms with Crippen LogP contribution >= 0.6 is 15.9 Å². The second-order valence-corrected chi connectivity index (χ2v) is 5.34. The highest BCUT2D eigenvalue weighted by Gasteiger charge is 2.23. The first-order valence-electron chi connectivity index (χ1n) is 6.01. The fourth-order valence-electron chi connectivity index (χ4n) is 1.78. The van der Waals surface area contributed by atoms with Gasteiger partial charge in [0.25, 0.3) is 0 Å². The molecule has 0 bridgehead atoms. The molecule has 0 saturated carbocycles. The molecule has 0 amide bonds. The highest BCUT2D eigenvalue weighted by molar-refractivity contribution is 9.10. The molecule has 0 saturated heterocycles. The van der Waals surface area contributed by atoms with Gasteiger partial charge in [0.2, 0.25) is 5.75 Å². The van der Waals surface area contributed by atoms with Gasteiger partial charge < -0.3 is 14.4 Å². The predicted molar refractivity (Wildman–Crippen MR) is 76.8 cm³/mol. The Hall–Kier alpha value is -2.00. The number of nitro benzene ring substituents is 1. The van der Waals surface area contributed by atoms with Crippen LogP contribution in [0, 0.1) is 10.1 Å². The van der Waals surface area contributed by atoms with Gasteiger partial charge in [-0.2, -0.15) is 0 Å². The van der Waals surface area contributed by atoms with Gasteiger partial charge in [-0.1, -0.05) is 15.9 Å². The Balaban J connectivity index is 2.40. The lowest BCUT2D eigenvalue weighted by molar-refractivity contribution is -0.386. The Morgan fingerprint density at radius 1 is 1.57 bits per heavy atom. The van der Waals surface area contributed by atoms with Crippen molar-refractivity contribution in [1.82, 2.24) is 14.8 Å². The number of nitro groups is 1. The van der Waals surface area contributed by atoms with E-state index in [0.29, 0.717) is 15.9 Å². The van der Waals surface area contributed by atoms with E-state index in [2.05, 4.69) is 26.1 Å². The molecule has 1 aromatic carbocycles. The molecule has 0 aliphatic carbocycles.